The molecule has 0 saturated carbocycles. The molecule has 2 aromatic carbocycles. The highest BCUT2D eigenvalue weighted by Gasteiger charge is 2.17. The number of carbonyl (C=O) groups is 1. The number of benzene rings is 2. The van der Waals surface area contributed by atoms with Gasteiger partial charge >= 0.3 is 5.76 Å². The maximum Gasteiger partial charge on any atom is 0.417 e. The number of rotatable bonds is 4. The van der Waals surface area contributed by atoms with Crippen LogP contribution in [0.5, 0.6) is 0 Å². The molecular formula is C19H14FN3O4. The van der Waals surface area contributed by atoms with Crippen LogP contribution in [0.3, 0.4) is 0 Å². The van der Waals surface area contributed by atoms with Crippen LogP contribution in [0, 0.1) is 12.7 Å². The maximum absolute atomic E-state index is 13.9. The summed E-state index contributed by atoms with van der Waals surface area (Å²) in [5, 5.41) is 2.72. The number of nitrogens with one attached hydrogen (secondary N) is 2. The number of fused-ring (bicyclic) bond motifs is 1. The Balaban J connectivity index is 1.52. The number of aromatic amines is 1. The quantitative estimate of drug-likeness (QED) is 0.576. The summed E-state index contributed by atoms with van der Waals surface area (Å²) in [4.78, 5) is 30.3. The Bertz CT molecular complexity index is 1210. The molecule has 0 saturated heterocycles. The second-order valence-electron chi connectivity index (χ2n) is 5.95. The smallest absolute Gasteiger partial charge is 0.417 e. The normalized spacial score (nSPS) is 11.0. The Hall–Kier alpha value is -3.68. The van der Waals surface area contributed by atoms with Gasteiger partial charge in [-0.25, -0.2) is 14.2 Å². The summed E-state index contributed by atoms with van der Waals surface area (Å²) in [6.07, 6.45) is -0.0380. The van der Waals surface area contributed by atoms with Crippen molar-refractivity contribution in [1.82, 2.24) is 9.97 Å². The average molecular weight is 367 g/mol. The number of halogens is 1. The molecule has 2 heterocycles. The van der Waals surface area contributed by atoms with Crippen molar-refractivity contribution >= 4 is 22.7 Å². The fourth-order valence-electron chi connectivity index (χ4n) is 2.73. The number of hydrogen-bond acceptors (Lipinski definition) is 5. The molecule has 2 aromatic heterocycles. The van der Waals surface area contributed by atoms with E-state index in [1.54, 1.807) is 43.3 Å². The van der Waals surface area contributed by atoms with Crippen LogP contribution in [0.4, 0.5) is 10.1 Å². The molecule has 0 aliphatic rings. The Labute approximate surface area is 151 Å². The summed E-state index contributed by atoms with van der Waals surface area (Å²) in [7, 11) is 0. The summed E-state index contributed by atoms with van der Waals surface area (Å²) >= 11 is 0. The van der Waals surface area contributed by atoms with Gasteiger partial charge in [-0.15, -0.1) is 0 Å². The predicted octanol–water partition coefficient (Wildman–Crippen LogP) is 3.40. The molecule has 0 bridgehead atoms. The number of aromatic nitrogens is 2. The molecular weight excluding hydrogens is 353 g/mol. The lowest BCUT2D eigenvalue weighted by atomic mass is 10.2. The minimum Gasteiger partial charge on any atom is -0.441 e. The van der Waals surface area contributed by atoms with E-state index in [-0.39, 0.29) is 23.8 Å². The van der Waals surface area contributed by atoms with Crippen molar-refractivity contribution in [1.29, 1.82) is 0 Å². The van der Waals surface area contributed by atoms with E-state index in [1.807, 2.05) is 0 Å². The number of anilines is 1. The van der Waals surface area contributed by atoms with Crippen LogP contribution in [0.25, 0.3) is 22.6 Å². The molecule has 4 rings (SSSR count). The first-order chi connectivity index (χ1) is 13.0. The molecule has 0 aliphatic carbocycles. The second kappa shape index (κ2) is 6.56. The van der Waals surface area contributed by atoms with Crippen LogP contribution in [-0.4, -0.2) is 15.9 Å². The summed E-state index contributed by atoms with van der Waals surface area (Å²) in [6.45, 7) is 1.67. The fraction of sp³-hybridized carbons (Fsp3) is 0.105. The molecule has 136 valence electrons. The standard InChI is InChI=1S/C19H14FN3O4/c1-10-14(22-18(26-10)12-4-2-3-5-13(12)20)9-17(24)21-11-6-7-16-15(8-11)23-19(25)27-16/h2-8H,9H2,1H3,(H,21,24)(H,23,25). The molecule has 0 radical (unpaired) electrons. The highest BCUT2D eigenvalue weighted by molar-refractivity contribution is 5.94. The second-order valence-corrected chi connectivity index (χ2v) is 5.95. The van der Waals surface area contributed by atoms with Crippen LogP contribution in [0.1, 0.15) is 11.5 Å². The van der Waals surface area contributed by atoms with Crippen LogP contribution >= 0.6 is 0 Å². The summed E-state index contributed by atoms with van der Waals surface area (Å²) in [5.74, 6) is -0.759. The van der Waals surface area contributed by atoms with Gasteiger partial charge in [0.1, 0.15) is 11.6 Å². The van der Waals surface area contributed by atoms with Crippen molar-refractivity contribution in [2.24, 2.45) is 0 Å². The summed E-state index contributed by atoms with van der Waals surface area (Å²) in [5.41, 5.74) is 2.04. The molecule has 0 unspecified atom stereocenters. The molecule has 27 heavy (non-hydrogen) atoms. The fourth-order valence-corrected chi connectivity index (χ4v) is 2.73. The van der Waals surface area contributed by atoms with E-state index < -0.39 is 11.6 Å². The molecule has 0 aliphatic heterocycles. The van der Waals surface area contributed by atoms with Gasteiger partial charge < -0.3 is 14.2 Å². The predicted molar refractivity (Wildman–Crippen MR) is 95.8 cm³/mol. The molecule has 8 heteroatoms. The summed E-state index contributed by atoms with van der Waals surface area (Å²) in [6, 6.07) is 10.9. The number of aryl methyl sites for hydroxylation is 1. The molecule has 0 spiro atoms. The highest BCUT2D eigenvalue weighted by Crippen LogP contribution is 2.24. The molecule has 0 fully saturated rings. The molecule has 4 aromatic rings. The van der Waals surface area contributed by atoms with Gasteiger partial charge in [0.15, 0.2) is 5.58 Å². The number of amides is 1. The maximum atomic E-state index is 13.9. The van der Waals surface area contributed by atoms with Crippen molar-refractivity contribution in [3.05, 3.63) is 70.3 Å². The lowest BCUT2D eigenvalue weighted by Gasteiger charge is -2.03. The van der Waals surface area contributed by atoms with Crippen molar-refractivity contribution in [3.63, 3.8) is 0 Å². The largest absolute Gasteiger partial charge is 0.441 e. The third-order valence-corrected chi connectivity index (χ3v) is 4.03. The Morgan fingerprint density at radius 1 is 1.22 bits per heavy atom. The first kappa shape index (κ1) is 16.8. The highest BCUT2D eigenvalue weighted by atomic mass is 19.1. The van der Waals surface area contributed by atoms with E-state index in [0.29, 0.717) is 28.2 Å². The topological polar surface area (TPSA) is 101 Å². The van der Waals surface area contributed by atoms with Gasteiger partial charge in [-0.1, -0.05) is 12.1 Å². The zero-order valence-electron chi connectivity index (χ0n) is 14.2. The van der Waals surface area contributed by atoms with Gasteiger partial charge in [-0.3, -0.25) is 9.78 Å². The van der Waals surface area contributed by atoms with E-state index in [9.17, 15) is 14.0 Å². The van der Waals surface area contributed by atoms with Gasteiger partial charge in [0, 0.05) is 5.69 Å². The number of nitrogens with zero attached hydrogens (tertiary/aromatic N) is 1. The molecule has 2 N–H and O–H groups in total. The van der Waals surface area contributed by atoms with E-state index >= 15 is 0 Å². The van der Waals surface area contributed by atoms with E-state index in [1.165, 1.54) is 6.07 Å². The minimum absolute atomic E-state index is 0.0380. The Kier molecular flexibility index (Phi) is 4.08. The number of carbonyl (C=O) groups excluding carboxylic acids is 1. The monoisotopic (exact) mass is 367 g/mol. The number of oxazole rings is 2. The zero-order valence-corrected chi connectivity index (χ0v) is 14.2. The van der Waals surface area contributed by atoms with Crippen molar-refractivity contribution in [2.75, 3.05) is 5.32 Å². The van der Waals surface area contributed by atoms with Gasteiger partial charge in [0.2, 0.25) is 11.8 Å². The van der Waals surface area contributed by atoms with Crippen LogP contribution in [0.15, 0.2) is 56.1 Å². The van der Waals surface area contributed by atoms with Crippen LogP contribution < -0.4 is 11.1 Å². The van der Waals surface area contributed by atoms with E-state index in [0.717, 1.165) is 0 Å². The van der Waals surface area contributed by atoms with Crippen LogP contribution in [-0.2, 0) is 11.2 Å². The molecule has 7 nitrogen and oxygen atoms in total. The van der Waals surface area contributed by atoms with Gasteiger partial charge in [-0.2, -0.15) is 0 Å². The van der Waals surface area contributed by atoms with Crippen LogP contribution in [0.2, 0.25) is 0 Å². The minimum atomic E-state index is -0.563. The van der Waals surface area contributed by atoms with Gasteiger partial charge in [-0.05, 0) is 37.3 Å². The first-order valence-corrected chi connectivity index (χ1v) is 8.13. The first-order valence-electron chi connectivity index (χ1n) is 8.13. The van der Waals surface area contributed by atoms with Crippen molar-refractivity contribution in [2.45, 2.75) is 13.3 Å². The third-order valence-electron chi connectivity index (χ3n) is 4.03. The third kappa shape index (κ3) is 3.37. The zero-order chi connectivity index (χ0) is 19.0. The number of H-pyrrole nitrogens is 1. The lowest BCUT2D eigenvalue weighted by molar-refractivity contribution is -0.115. The van der Waals surface area contributed by atoms with Gasteiger partial charge in [0.05, 0.1) is 23.2 Å². The van der Waals surface area contributed by atoms with E-state index in [4.69, 9.17) is 8.83 Å². The lowest BCUT2D eigenvalue weighted by Crippen LogP contribution is -2.15. The van der Waals surface area contributed by atoms with Crippen molar-refractivity contribution < 1.29 is 18.0 Å². The molecule has 0 atom stereocenters. The molecule has 1 amide bonds. The SMILES string of the molecule is Cc1oc(-c2ccccc2F)nc1CC(=O)Nc1ccc2oc(=O)[nH]c2c1. The Morgan fingerprint density at radius 3 is 2.85 bits per heavy atom. The summed E-state index contributed by atoms with van der Waals surface area (Å²) < 4.78 is 24.3. The Morgan fingerprint density at radius 2 is 2.04 bits per heavy atom. The van der Waals surface area contributed by atoms with Gasteiger partial charge in [0.25, 0.3) is 0 Å². The van der Waals surface area contributed by atoms with E-state index in [2.05, 4.69) is 15.3 Å². The average Bonchev–Trinajstić information content (AvgIpc) is 3.16. The number of hydrogen-bond donors (Lipinski definition) is 2. The van der Waals surface area contributed by atoms with Crippen molar-refractivity contribution in [3.8, 4) is 11.5 Å².